The van der Waals surface area contributed by atoms with Crippen molar-refractivity contribution in [2.45, 2.75) is 13.5 Å². The molecule has 0 heterocycles. The van der Waals surface area contributed by atoms with Gasteiger partial charge in [0.25, 0.3) is 0 Å². The first kappa shape index (κ1) is 15.1. The molecule has 0 atom stereocenters. The van der Waals surface area contributed by atoms with Crippen LogP contribution in [0.3, 0.4) is 0 Å². The molecule has 2 aromatic carbocycles. The summed E-state index contributed by atoms with van der Waals surface area (Å²) in [7, 11) is 0. The van der Waals surface area contributed by atoms with Gasteiger partial charge in [-0.3, -0.25) is 0 Å². The molecule has 0 radical (unpaired) electrons. The van der Waals surface area contributed by atoms with Crippen molar-refractivity contribution in [3.05, 3.63) is 65.2 Å². The number of benzene rings is 2. The SMILES string of the molecule is Cc1ccc(COc2cccc(C=NNCCO)c2)cc1. The fraction of sp³-hybridized carbons (Fsp3) is 0.235. The Morgan fingerprint density at radius 2 is 2.00 bits per heavy atom. The van der Waals surface area contributed by atoms with Gasteiger partial charge in [0.05, 0.1) is 19.4 Å². The summed E-state index contributed by atoms with van der Waals surface area (Å²) in [5.41, 5.74) is 6.08. The van der Waals surface area contributed by atoms with Crippen LogP contribution >= 0.6 is 0 Å². The van der Waals surface area contributed by atoms with Crippen molar-refractivity contribution in [1.82, 2.24) is 5.43 Å². The summed E-state index contributed by atoms with van der Waals surface area (Å²) in [6, 6.07) is 16.0. The van der Waals surface area contributed by atoms with Crippen LogP contribution in [0.4, 0.5) is 0 Å². The van der Waals surface area contributed by atoms with Crippen molar-refractivity contribution in [1.29, 1.82) is 0 Å². The predicted molar refractivity (Wildman–Crippen MR) is 84.6 cm³/mol. The van der Waals surface area contributed by atoms with E-state index in [0.717, 1.165) is 16.9 Å². The molecule has 0 saturated heterocycles. The monoisotopic (exact) mass is 284 g/mol. The Balaban J connectivity index is 1.91. The summed E-state index contributed by atoms with van der Waals surface area (Å²) in [6.07, 6.45) is 1.70. The summed E-state index contributed by atoms with van der Waals surface area (Å²) in [4.78, 5) is 0. The highest BCUT2D eigenvalue weighted by molar-refractivity contribution is 5.79. The number of aliphatic hydroxyl groups is 1. The number of hydrogen-bond donors (Lipinski definition) is 2. The molecule has 2 N–H and O–H groups in total. The number of aryl methyl sites for hydroxylation is 1. The van der Waals surface area contributed by atoms with E-state index in [1.165, 1.54) is 5.56 Å². The van der Waals surface area contributed by atoms with Crippen LogP contribution in [0.15, 0.2) is 53.6 Å². The molecule has 4 nitrogen and oxygen atoms in total. The normalized spacial score (nSPS) is 10.8. The van der Waals surface area contributed by atoms with Gasteiger partial charge >= 0.3 is 0 Å². The van der Waals surface area contributed by atoms with Gasteiger partial charge in [-0.15, -0.1) is 0 Å². The first-order chi connectivity index (χ1) is 10.3. The molecule has 0 amide bonds. The number of aliphatic hydroxyl groups excluding tert-OH is 1. The number of nitrogens with zero attached hydrogens (tertiary/aromatic N) is 1. The van der Waals surface area contributed by atoms with Crippen LogP contribution in [0.25, 0.3) is 0 Å². The van der Waals surface area contributed by atoms with Crippen LogP contribution in [0.5, 0.6) is 5.75 Å². The van der Waals surface area contributed by atoms with Gasteiger partial charge in [-0.2, -0.15) is 5.10 Å². The zero-order chi connectivity index (χ0) is 14.9. The molecule has 0 spiro atoms. The van der Waals surface area contributed by atoms with Gasteiger partial charge < -0.3 is 15.3 Å². The van der Waals surface area contributed by atoms with E-state index in [0.29, 0.717) is 13.2 Å². The molecular formula is C17H20N2O2. The van der Waals surface area contributed by atoms with E-state index >= 15 is 0 Å². The number of ether oxygens (including phenoxy) is 1. The van der Waals surface area contributed by atoms with Crippen molar-refractivity contribution < 1.29 is 9.84 Å². The molecular weight excluding hydrogens is 264 g/mol. The standard InChI is InChI=1S/C17H20N2O2/c1-14-5-7-15(8-6-14)13-21-17-4-2-3-16(11-17)12-19-18-9-10-20/h2-8,11-12,18,20H,9-10,13H2,1H3. The Kier molecular flexibility index (Phi) is 5.79. The zero-order valence-electron chi connectivity index (χ0n) is 12.1. The van der Waals surface area contributed by atoms with Crippen LogP contribution in [-0.4, -0.2) is 24.5 Å². The highest BCUT2D eigenvalue weighted by atomic mass is 16.5. The molecule has 21 heavy (non-hydrogen) atoms. The van der Waals surface area contributed by atoms with Crippen LogP contribution < -0.4 is 10.2 Å². The second-order valence-corrected chi connectivity index (χ2v) is 4.74. The molecule has 0 fully saturated rings. The molecule has 0 aliphatic rings. The third kappa shape index (κ3) is 5.28. The maximum atomic E-state index is 8.65. The Labute approximate surface area is 125 Å². The molecule has 4 heteroatoms. The fourth-order valence-electron chi connectivity index (χ4n) is 1.77. The number of nitrogens with one attached hydrogen (secondary N) is 1. The third-order valence-electron chi connectivity index (χ3n) is 2.91. The second kappa shape index (κ2) is 8.07. The van der Waals surface area contributed by atoms with Crippen LogP contribution in [-0.2, 0) is 6.61 Å². The molecule has 0 aliphatic heterocycles. The van der Waals surface area contributed by atoms with Crippen molar-refractivity contribution >= 4 is 6.21 Å². The average molecular weight is 284 g/mol. The highest BCUT2D eigenvalue weighted by Gasteiger charge is 1.97. The lowest BCUT2D eigenvalue weighted by molar-refractivity contribution is 0.293. The minimum atomic E-state index is 0.0665. The van der Waals surface area contributed by atoms with Crippen molar-refractivity contribution in [3.8, 4) is 5.75 Å². The summed E-state index contributed by atoms with van der Waals surface area (Å²) in [6.45, 7) is 3.12. The van der Waals surface area contributed by atoms with E-state index < -0.39 is 0 Å². The number of rotatable bonds is 7. The molecule has 0 aromatic heterocycles. The first-order valence-corrected chi connectivity index (χ1v) is 6.93. The molecule has 0 bridgehead atoms. The van der Waals surface area contributed by atoms with Gasteiger partial charge in [0.1, 0.15) is 12.4 Å². The Morgan fingerprint density at radius 1 is 1.19 bits per heavy atom. The molecule has 2 rings (SSSR count). The number of hydrogen-bond acceptors (Lipinski definition) is 4. The predicted octanol–water partition coefficient (Wildman–Crippen LogP) is 2.49. The minimum absolute atomic E-state index is 0.0665. The summed E-state index contributed by atoms with van der Waals surface area (Å²) in [5, 5.41) is 12.7. The first-order valence-electron chi connectivity index (χ1n) is 6.93. The lowest BCUT2D eigenvalue weighted by Gasteiger charge is -2.07. The molecule has 2 aromatic rings. The zero-order valence-corrected chi connectivity index (χ0v) is 12.1. The van der Waals surface area contributed by atoms with Crippen LogP contribution in [0, 0.1) is 6.92 Å². The number of hydrazone groups is 1. The Bertz CT molecular complexity index is 580. The van der Waals surface area contributed by atoms with Gasteiger partial charge in [0, 0.05) is 0 Å². The van der Waals surface area contributed by atoms with Gasteiger partial charge in [-0.05, 0) is 30.2 Å². The lowest BCUT2D eigenvalue weighted by Crippen LogP contribution is -2.11. The molecule has 0 unspecified atom stereocenters. The van der Waals surface area contributed by atoms with Crippen molar-refractivity contribution in [3.63, 3.8) is 0 Å². The van der Waals surface area contributed by atoms with Crippen LogP contribution in [0.1, 0.15) is 16.7 Å². The van der Waals surface area contributed by atoms with Gasteiger partial charge in [0.2, 0.25) is 0 Å². The topological polar surface area (TPSA) is 53.8 Å². The quantitative estimate of drug-likeness (QED) is 0.466. The maximum Gasteiger partial charge on any atom is 0.120 e. The second-order valence-electron chi connectivity index (χ2n) is 4.74. The summed E-state index contributed by atoms with van der Waals surface area (Å²) in [5.74, 6) is 0.807. The largest absolute Gasteiger partial charge is 0.489 e. The van der Waals surface area contributed by atoms with E-state index in [1.54, 1.807) is 6.21 Å². The van der Waals surface area contributed by atoms with Crippen molar-refractivity contribution in [2.75, 3.05) is 13.2 Å². The fourth-order valence-corrected chi connectivity index (χ4v) is 1.77. The van der Waals surface area contributed by atoms with E-state index in [4.69, 9.17) is 9.84 Å². The Hall–Kier alpha value is -2.33. The summed E-state index contributed by atoms with van der Waals surface area (Å²) < 4.78 is 5.78. The van der Waals surface area contributed by atoms with Gasteiger partial charge in [-0.25, -0.2) is 0 Å². The van der Waals surface area contributed by atoms with E-state index in [-0.39, 0.29) is 6.61 Å². The minimum Gasteiger partial charge on any atom is -0.489 e. The van der Waals surface area contributed by atoms with Crippen LogP contribution in [0.2, 0.25) is 0 Å². The van der Waals surface area contributed by atoms with E-state index in [2.05, 4.69) is 41.7 Å². The highest BCUT2D eigenvalue weighted by Crippen LogP contribution is 2.14. The van der Waals surface area contributed by atoms with Crippen molar-refractivity contribution in [2.24, 2.45) is 5.10 Å². The Morgan fingerprint density at radius 3 is 2.76 bits per heavy atom. The van der Waals surface area contributed by atoms with E-state index in [1.807, 2.05) is 24.3 Å². The lowest BCUT2D eigenvalue weighted by atomic mass is 10.2. The molecule has 0 saturated carbocycles. The van der Waals surface area contributed by atoms with Gasteiger partial charge in [-0.1, -0.05) is 42.0 Å². The summed E-state index contributed by atoms with van der Waals surface area (Å²) >= 11 is 0. The third-order valence-corrected chi connectivity index (χ3v) is 2.91. The average Bonchev–Trinajstić information content (AvgIpc) is 2.52. The maximum absolute atomic E-state index is 8.65. The molecule has 110 valence electrons. The molecule has 0 aliphatic carbocycles. The van der Waals surface area contributed by atoms with Gasteiger partial charge in [0.15, 0.2) is 0 Å². The smallest absolute Gasteiger partial charge is 0.120 e. The van der Waals surface area contributed by atoms with E-state index in [9.17, 15) is 0 Å².